The van der Waals surface area contributed by atoms with Gasteiger partial charge in [0.25, 0.3) is 0 Å². The molecule has 0 aromatic carbocycles. The number of fused-ring (bicyclic) bond motifs is 3. The van der Waals surface area contributed by atoms with Crippen molar-refractivity contribution >= 4 is 16.8 Å². The summed E-state index contributed by atoms with van der Waals surface area (Å²) in [7, 11) is 0. The molecule has 0 fully saturated rings. The molecule has 3 heteroatoms. The molecule has 0 amide bonds. The highest BCUT2D eigenvalue weighted by Gasteiger charge is 2.04. The summed E-state index contributed by atoms with van der Waals surface area (Å²) in [6.07, 6.45) is 3.78. The fourth-order valence-electron chi connectivity index (χ4n) is 1.70. The van der Waals surface area contributed by atoms with Crippen molar-refractivity contribution in [2.45, 2.75) is 6.92 Å². The van der Waals surface area contributed by atoms with Gasteiger partial charge in [0.2, 0.25) is 0 Å². The summed E-state index contributed by atoms with van der Waals surface area (Å²) < 4.78 is 2.02. The average Bonchev–Trinajstić information content (AvgIpc) is 2.59. The van der Waals surface area contributed by atoms with Gasteiger partial charge in [0.1, 0.15) is 11.2 Å². The molecule has 3 aromatic heterocycles. The Morgan fingerprint density at radius 2 is 2.07 bits per heavy atom. The number of aromatic nitrogens is 3. The van der Waals surface area contributed by atoms with Crippen LogP contribution >= 0.6 is 0 Å². The molecule has 0 N–H and O–H groups in total. The maximum Gasteiger partial charge on any atom is 0.164 e. The van der Waals surface area contributed by atoms with Gasteiger partial charge in [-0.3, -0.25) is 4.40 Å². The number of aryl methyl sites for hydroxylation is 1. The Labute approximate surface area is 81.0 Å². The largest absolute Gasteiger partial charge is 0.284 e. The van der Waals surface area contributed by atoms with Crippen LogP contribution in [0, 0.1) is 6.92 Å². The maximum atomic E-state index is 4.52. The normalized spacial score (nSPS) is 11.2. The second-order valence-corrected chi connectivity index (χ2v) is 3.34. The molecule has 0 saturated heterocycles. The van der Waals surface area contributed by atoms with Gasteiger partial charge in [-0.2, -0.15) is 0 Å². The van der Waals surface area contributed by atoms with Crippen LogP contribution in [0.15, 0.2) is 36.7 Å². The van der Waals surface area contributed by atoms with E-state index in [0.717, 1.165) is 16.8 Å². The fraction of sp³-hybridized carbons (Fsp3) is 0.0909. The molecular weight excluding hydrogens is 174 g/mol. The quantitative estimate of drug-likeness (QED) is 0.534. The zero-order chi connectivity index (χ0) is 9.54. The van der Waals surface area contributed by atoms with Gasteiger partial charge < -0.3 is 0 Å². The van der Waals surface area contributed by atoms with Crippen molar-refractivity contribution in [1.82, 2.24) is 14.4 Å². The minimum atomic E-state index is 0.922. The molecule has 3 aromatic rings. The molecule has 0 bridgehead atoms. The highest BCUT2D eigenvalue weighted by atomic mass is 15.1. The summed E-state index contributed by atoms with van der Waals surface area (Å²) in [5.41, 5.74) is 4.03. The first-order valence-electron chi connectivity index (χ1n) is 4.55. The fourth-order valence-corrected chi connectivity index (χ4v) is 1.70. The third-order valence-electron chi connectivity index (χ3n) is 2.38. The maximum absolute atomic E-state index is 4.52. The smallest absolute Gasteiger partial charge is 0.164 e. The lowest BCUT2D eigenvalue weighted by atomic mass is 10.3. The highest BCUT2D eigenvalue weighted by molar-refractivity contribution is 5.77. The summed E-state index contributed by atoms with van der Waals surface area (Å²) in [6.45, 7) is 2.06. The van der Waals surface area contributed by atoms with Crippen LogP contribution in [0.3, 0.4) is 0 Å². The van der Waals surface area contributed by atoms with E-state index in [0.29, 0.717) is 0 Å². The van der Waals surface area contributed by atoms with Crippen LogP contribution in [0.2, 0.25) is 0 Å². The van der Waals surface area contributed by atoms with Crippen molar-refractivity contribution in [2.75, 3.05) is 0 Å². The molecule has 0 spiro atoms. The van der Waals surface area contributed by atoms with Crippen LogP contribution < -0.4 is 0 Å². The molecule has 0 aliphatic rings. The topological polar surface area (TPSA) is 30.2 Å². The van der Waals surface area contributed by atoms with Gasteiger partial charge >= 0.3 is 0 Å². The van der Waals surface area contributed by atoms with Crippen LogP contribution in [0.25, 0.3) is 16.8 Å². The summed E-state index contributed by atoms with van der Waals surface area (Å²) in [5, 5.41) is 0. The minimum Gasteiger partial charge on any atom is -0.284 e. The van der Waals surface area contributed by atoms with E-state index in [1.165, 1.54) is 5.56 Å². The number of rotatable bonds is 0. The first-order chi connectivity index (χ1) is 6.86. The Bertz CT molecular complexity index is 610. The Morgan fingerprint density at radius 1 is 1.14 bits per heavy atom. The van der Waals surface area contributed by atoms with Gasteiger partial charge in [0.15, 0.2) is 5.65 Å². The van der Waals surface area contributed by atoms with Crippen LogP contribution in [0.4, 0.5) is 0 Å². The zero-order valence-electron chi connectivity index (χ0n) is 7.81. The first-order valence-corrected chi connectivity index (χ1v) is 4.55. The predicted molar refractivity (Wildman–Crippen MR) is 55.2 cm³/mol. The third-order valence-corrected chi connectivity index (χ3v) is 2.38. The highest BCUT2D eigenvalue weighted by Crippen LogP contribution is 2.15. The number of hydrogen-bond acceptors (Lipinski definition) is 2. The molecule has 14 heavy (non-hydrogen) atoms. The van der Waals surface area contributed by atoms with Crippen LogP contribution in [-0.4, -0.2) is 14.4 Å². The van der Waals surface area contributed by atoms with E-state index in [4.69, 9.17) is 0 Å². The minimum absolute atomic E-state index is 0.922. The standard InChI is InChI=1S/C11H9N3/c1-8-4-3-7-14-10(8)13-9-5-2-6-12-11(9)14/h2-7H,1H3. The first kappa shape index (κ1) is 7.50. The summed E-state index contributed by atoms with van der Waals surface area (Å²) >= 11 is 0. The van der Waals surface area contributed by atoms with Crippen molar-refractivity contribution in [3.05, 3.63) is 42.2 Å². The summed E-state index contributed by atoms with van der Waals surface area (Å²) in [4.78, 5) is 8.83. The molecule has 0 aliphatic carbocycles. The van der Waals surface area contributed by atoms with Gasteiger partial charge in [-0.25, -0.2) is 9.97 Å². The lowest BCUT2D eigenvalue weighted by Crippen LogP contribution is -1.87. The molecule has 68 valence electrons. The summed E-state index contributed by atoms with van der Waals surface area (Å²) in [6, 6.07) is 7.96. The molecule has 0 radical (unpaired) electrons. The van der Waals surface area contributed by atoms with Crippen molar-refractivity contribution in [1.29, 1.82) is 0 Å². The van der Waals surface area contributed by atoms with E-state index >= 15 is 0 Å². The molecule has 0 saturated carbocycles. The van der Waals surface area contributed by atoms with Crippen molar-refractivity contribution in [3.63, 3.8) is 0 Å². The SMILES string of the molecule is Cc1cccn2c1nc1cccnc12. The van der Waals surface area contributed by atoms with E-state index < -0.39 is 0 Å². The summed E-state index contributed by atoms with van der Waals surface area (Å²) in [5.74, 6) is 0. The number of hydrogen-bond donors (Lipinski definition) is 0. The Kier molecular flexibility index (Phi) is 1.36. The van der Waals surface area contributed by atoms with Crippen LogP contribution in [-0.2, 0) is 0 Å². The number of imidazole rings is 1. The van der Waals surface area contributed by atoms with Gasteiger partial charge in [-0.05, 0) is 30.7 Å². The Morgan fingerprint density at radius 3 is 3.00 bits per heavy atom. The van der Waals surface area contributed by atoms with E-state index in [1.807, 2.05) is 28.8 Å². The van der Waals surface area contributed by atoms with Crippen LogP contribution in [0.5, 0.6) is 0 Å². The molecule has 0 atom stereocenters. The number of nitrogens with zero attached hydrogens (tertiary/aromatic N) is 3. The number of pyridine rings is 2. The van der Waals surface area contributed by atoms with Gasteiger partial charge in [-0.15, -0.1) is 0 Å². The molecular formula is C11H9N3. The van der Waals surface area contributed by atoms with Crippen molar-refractivity contribution in [2.24, 2.45) is 0 Å². The zero-order valence-corrected chi connectivity index (χ0v) is 7.81. The molecule has 3 nitrogen and oxygen atoms in total. The van der Waals surface area contributed by atoms with E-state index in [2.05, 4.69) is 23.0 Å². The van der Waals surface area contributed by atoms with E-state index in [9.17, 15) is 0 Å². The van der Waals surface area contributed by atoms with E-state index in [-0.39, 0.29) is 0 Å². The van der Waals surface area contributed by atoms with Gasteiger partial charge in [0.05, 0.1) is 0 Å². The second kappa shape index (κ2) is 2.54. The molecule has 3 heterocycles. The van der Waals surface area contributed by atoms with Gasteiger partial charge in [0, 0.05) is 12.4 Å². The third kappa shape index (κ3) is 0.865. The molecule has 0 aliphatic heterocycles. The molecule has 3 rings (SSSR count). The lowest BCUT2D eigenvalue weighted by Gasteiger charge is -1.95. The predicted octanol–water partition coefficient (Wildman–Crippen LogP) is 2.19. The Hall–Kier alpha value is -1.90. The lowest BCUT2D eigenvalue weighted by molar-refractivity contribution is 1.16. The average molecular weight is 183 g/mol. The van der Waals surface area contributed by atoms with Crippen molar-refractivity contribution < 1.29 is 0 Å². The van der Waals surface area contributed by atoms with Crippen LogP contribution in [0.1, 0.15) is 5.56 Å². The Balaban J connectivity index is 2.63. The van der Waals surface area contributed by atoms with E-state index in [1.54, 1.807) is 6.20 Å². The van der Waals surface area contributed by atoms with Crippen molar-refractivity contribution in [3.8, 4) is 0 Å². The molecule has 0 unspecified atom stereocenters. The van der Waals surface area contributed by atoms with Gasteiger partial charge in [-0.1, -0.05) is 6.07 Å². The second-order valence-electron chi connectivity index (χ2n) is 3.34. The monoisotopic (exact) mass is 183 g/mol.